The summed E-state index contributed by atoms with van der Waals surface area (Å²) in [5.74, 6) is -0.0175. The van der Waals surface area contributed by atoms with Gasteiger partial charge in [-0.2, -0.15) is 0 Å². The molecular weight excluding hydrogens is 228 g/mol. The van der Waals surface area contributed by atoms with Crippen molar-refractivity contribution >= 4 is 11.7 Å². The van der Waals surface area contributed by atoms with E-state index in [9.17, 15) is 4.79 Å². The number of nitrogens with two attached hydrogens (primary N) is 1. The molecule has 0 radical (unpaired) electrons. The molecular formula is C13H14N4O. The van der Waals surface area contributed by atoms with Crippen molar-refractivity contribution in [2.24, 2.45) is 5.73 Å². The Kier molecular flexibility index (Phi) is 3.52. The molecule has 0 fully saturated rings. The number of amides is 1. The van der Waals surface area contributed by atoms with Crippen molar-refractivity contribution in [3.8, 4) is 0 Å². The van der Waals surface area contributed by atoms with Crippen LogP contribution in [0.5, 0.6) is 0 Å². The second-order valence-corrected chi connectivity index (χ2v) is 3.89. The van der Waals surface area contributed by atoms with E-state index in [1.54, 1.807) is 18.3 Å². The fourth-order valence-corrected chi connectivity index (χ4v) is 1.62. The summed E-state index contributed by atoms with van der Waals surface area (Å²) in [5, 5.41) is 3.06. The molecule has 0 aliphatic rings. The van der Waals surface area contributed by atoms with Gasteiger partial charge < -0.3 is 11.1 Å². The van der Waals surface area contributed by atoms with Crippen LogP contribution in [0.3, 0.4) is 0 Å². The van der Waals surface area contributed by atoms with Crippen molar-refractivity contribution in [1.82, 2.24) is 9.97 Å². The van der Waals surface area contributed by atoms with Crippen LogP contribution in [0.2, 0.25) is 0 Å². The predicted octanol–water partition coefficient (Wildman–Crippen LogP) is 1.50. The van der Waals surface area contributed by atoms with Crippen molar-refractivity contribution in [3.63, 3.8) is 0 Å². The van der Waals surface area contributed by atoms with E-state index < -0.39 is 5.91 Å². The highest BCUT2D eigenvalue weighted by molar-refractivity contribution is 5.97. The monoisotopic (exact) mass is 242 g/mol. The molecule has 0 saturated heterocycles. The van der Waals surface area contributed by atoms with Gasteiger partial charge in [0.15, 0.2) is 0 Å². The first-order valence-corrected chi connectivity index (χ1v) is 5.58. The lowest BCUT2D eigenvalue weighted by Gasteiger charge is -2.08. The molecule has 92 valence electrons. The van der Waals surface area contributed by atoms with Gasteiger partial charge in [-0.05, 0) is 31.2 Å². The normalized spacial score (nSPS) is 10.1. The molecule has 2 rings (SSSR count). The van der Waals surface area contributed by atoms with E-state index in [1.165, 1.54) is 0 Å². The van der Waals surface area contributed by atoms with E-state index in [-0.39, 0.29) is 0 Å². The largest absolute Gasteiger partial charge is 0.365 e. The molecule has 0 aliphatic carbocycles. The van der Waals surface area contributed by atoms with Crippen LogP contribution in [-0.2, 0) is 6.54 Å². The molecule has 5 heteroatoms. The summed E-state index contributed by atoms with van der Waals surface area (Å²) in [5.41, 5.74) is 7.49. The highest BCUT2D eigenvalue weighted by Crippen LogP contribution is 2.11. The standard InChI is InChI=1S/C13H14N4O/c1-9-4-2-5-10(17-9)8-16-13-11(12(14)18)6-3-7-15-13/h2-7H,8H2,1H3,(H2,14,18)(H,15,16). The summed E-state index contributed by atoms with van der Waals surface area (Å²) >= 11 is 0. The first-order chi connectivity index (χ1) is 8.66. The van der Waals surface area contributed by atoms with Gasteiger partial charge in [-0.15, -0.1) is 0 Å². The fraction of sp³-hybridized carbons (Fsp3) is 0.154. The maximum atomic E-state index is 11.2. The third-order valence-corrected chi connectivity index (χ3v) is 2.46. The maximum absolute atomic E-state index is 11.2. The SMILES string of the molecule is Cc1cccc(CNc2ncccc2C(N)=O)n1. The Bertz CT molecular complexity index is 568. The predicted molar refractivity (Wildman–Crippen MR) is 69.1 cm³/mol. The summed E-state index contributed by atoms with van der Waals surface area (Å²) < 4.78 is 0. The van der Waals surface area contributed by atoms with Gasteiger partial charge in [0.05, 0.1) is 17.8 Å². The average Bonchev–Trinajstić information content (AvgIpc) is 2.37. The van der Waals surface area contributed by atoms with Crippen LogP contribution in [-0.4, -0.2) is 15.9 Å². The second-order valence-electron chi connectivity index (χ2n) is 3.89. The molecule has 5 nitrogen and oxygen atoms in total. The van der Waals surface area contributed by atoms with Gasteiger partial charge in [-0.25, -0.2) is 4.98 Å². The molecule has 2 heterocycles. The van der Waals surface area contributed by atoms with Crippen molar-refractivity contribution in [1.29, 1.82) is 0 Å². The van der Waals surface area contributed by atoms with Gasteiger partial charge in [0.1, 0.15) is 5.82 Å². The molecule has 0 bridgehead atoms. The van der Waals surface area contributed by atoms with Gasteiger partial charge in [0.2, 0.25) is 0 Å². The molecule has 2 aromatic heterocycles. The zero-order chi connectivity index (χ0) is 13.0. The summed E-state index contributed by atoms with van der Waals surface area (Å²) in [6, 6.07) is 9.09. The Morgan fingerprint density at radius 1 is 1.33 bits per heavy atom. The average molecular weight is 242 g/mol. The lowest BCUT2D eigenvalue weighted by Crippen LogP contribution is -2.15. The molecule has 0 unspecified atom stereocenters. The Balaban J connectivity index is 2.13. The van der Waals surface area contributed by atoms with Crippen molar-refractivity contribution < 1.29 is 4.79 Å². The Hall–Kier alpha value is -2.43. The van der Waals surface area contributed by atoms with E-state index in [0.29, 0.717) is 17.9 Å². The Morgan fingerprint density at radius 3 is 2.89 bits per heavy atom. The zero-order valence-corrected chi connectivity index (χ0v) is 10.1. The molecule has 0 saturated carbocycles. The number of pyridine rings is 2. The van der Waals surface area contributed by atoms with E-state index in [4.69, 9.17) is 5.73 Å². The number of aromatic nitrogens is 2. The minimum absolute atomic E-state index is 0.380. The maximum Gasteiger partial charge on any atom is 0.252 e. The van der Waals surface area contributed by atoms with E-state index >= 15 is 0 Å². The summed E-state index contributed by atoms with van der Waals surface area (Å²) in [4.78, 5) is 19.7. The molecule has 18 heavy (non-hydrogen) atoms. The fourth-order valence-electron chi connectivity index (χ4n) is 1.62. The van der Waals surface area contributed by atoms with Gasteiger partial charge in [-0.3, -0.25) is 9.78 Å². The number of primary amides is 1. The summed E-state index contributed by atoms with van der Waals surface area (Å²) in [6.45, 7) is 2.43. The number of carbonyl (C=O) groups is 1. The molecule has 0 atom stereocenters. The molecule has 1 amide bonds. The Morgan fingerprint density at radius 2 is 2.17 bits per heavy atom. The quantitative estimate of drug-likeness (QED) is 0.851. The summed E-state index contributed by atoms with van der Waals surface area (Å²) in [6.07, 6.45) is 1.61. The highest BCUT2D eigenvalue weighted by Gasteiger charge is 2.08. The second kappa shape index (κ2) is 5.27. The third-order valence-electron chi connectivity index (χ3n) is 2.46. The van der Waals surface area contributed by atoms with Crippen LogP contribution in [0, 0.1) is 6.92 Å². The minimum Gasteiger partial charge on any atom is -0.365 e. The molecule has 0 aliphatic heterocycles. The van der Waals surface area contributed by atoms with Crippen LogP contribution in [0.15, 0.2) is 36.5 Å². The van der Waals surface area contributed by atoms with Gasteiger partial charge in [0.25, 0.3) is 5.91 Å². The van der Waals surface area contributed by atoms with E-state index in [0.717, 1.165) is 11.4 Å². The Labute approximate surface area is 105 Å². The molecule has 2 aromatic rings. The lowest BCUT2D eigenvalue weighted by atomic mass is 10.2. The number of nitrogens with one attached hydrogen (secondary N) is 1. The smallest absolute Gasteiger partial charge is 0.252 e. The summed E-state index contributed by atoms with van der Waals surface area (Å²) in [7, 11) is 0. The van der Waals surface area contributed by atoms with Crippen molar-refractivity contribution in [2.75, 3.05) is 5.32 Å². The number of carbonyl (C=O) groups excluding carboxylic acids is 1. The van der Waals surface area contributed by atoms with Crippen molar-refractivity contribution in [2.45, 2.75) is 13.5 Å². The number of nitrogens with zero attached hydrogens (tertiary/aromatic N) is 2. The molecule has 3 N–H and O–H groups in total. The van der Waals surface area contributed by atoms with Crippen LogP contribution < -0.4 is 11.1 Å². The van der Waals surface area contributed by atoms with Crippen LogP contribution in [0.1, 0.15) is 21.7 Å². The highest BCUT2D eigenvalue weighted by atomic mass is 16.1. The van der Waals surface area contributed by atoms with Crippen LogP contribution in [0.4, 0.5) is 5.82 Å². The van der Waals surface area contributed by atoms with Gasteiger partial charge in [0, 0.05) is 11.9 Å². The topological polar surface area (TPSA) is 80.9 Å². The minimum atomic E-state index is -0.497. The number of aryl methyl sites for hydroxylation is 1. The van der Waals surface area contributed by atoms with Gasteiger partial charge >= 0.3 is 0 Å². The van der Waals surface area contributed by atoms with E-state index in [2.05, 4.69) is 15.3 Å². The lowest BCUT2D eigenvalue weighted by molar-refractivity contribution is 0.100. The number of rotatable bonds is 4. The molecule has 0 spiro atoms. The molecule has 0 aromatic carbocycles. The van der Waals surface area contributed by atoms with E-state index in [1.807, 2.05) is 25.1 Å². The number of hydrogen-bond donors (Lipinski definition) is 2. The van der Waals surface area contributed by atoms with Crippen molar-refractivity contribution in [3.05, 3.63) is 53.5 Å². The van der Waals surface area contributed by atoms with Crippen LogP contribution >= 0.6 is 0 Å². The third kappa shape index (κ3) is 2.82. The first-order valence-electron chi connectivity index (χ1n) is 5.58. The first kappa shape index (κ1) is 12.0. The number of hydrogen-bond acceptors (Lipinski definition) is 4. The number of anilines is 1. The van der Waals surface area contributed by atoms with Gasteiger partial charge in [-0.1, -0.05) is 6.07 Å². The van der Waals surface area contributed by atoms with Crippen LogP contribution in [0.25, 0.3) is 0 Å². The zero-order valence-electron chi connectivity index (χ0n) is 10.1.